The van der Waals surface area contributed by atoms with Crippen LogP contribution in [0.3, 0.4) is 0 Å². The maximum Gasteiger partial charge on any atom is 0.132 e. The van der Waals surface area contributed by atoms with E-state index in [0.717, 1.165) is 47.6 Å². The first kappa shape index (κ1) is 22.1. The quantitative estimate of drug-likeness (QED) is 0.393. The smallest absolute Gasteiger partial charge is 0.132 e. The number of unbranched alkanes of at least 4 members (excludes halogenated alkanes) is 2. The number of hydrogen-bond donors (Lipinski definition) is 2. The molecule has 4 rings (SSSR count). The molecule has 0 amide bonds. The van der Waals surface area contributed by atoms with Crippen LogP contribution in [-0.2, 0) is 12.8 Å². The normalized spacial score (nSPS) is 16.4. The molecule has 3 aromatic rings. The highest BCUT2D eigenvalue weighted by molar-refractivity contribution is 6.24. The van der Waals surface area contributed by atoms with Gasteiger partial charge in [-0.3, -0.25) is 5.41 Å². The number of fused-ring (bicyclic) bond motifs is 1. The fourth-order valence-electron chi connectivity index (χ4n) is 4.87. The van der Waals surface area contributed by atoms with Crippen LogP contribution in [0.2, 0.25) is 0 Å². The Morgan fingerprint density at radius 2 is 1.56 bits per heavy atom. The molecule has 1 heterocycles. The molecule has 0 aromatic heterocycles. The summed E-state index contributed by atoms with van der Waals surface area (Å²) in [4.78, 5) is 1.89. The Labute approximate surface area is 191 Å². The van der Waals surface area contributed by atoms with Gasteiger partial charge in [0.05, 0.1) is 5.57 Å². The van der Waals surface area contributed by atoms with Crippen LogP contribution in [0.5, 0.6) is 0 Å². The Balaban J connectivity index is 1.79. The van der Waals surface area contributed by atoms with Crippen molar-refractivity contribution in [2.45, 2.75) is 58.4 Å². The number of amidine groups is 1. The summed E-state index contributed by atoms with van der Waals surface area (Å²) in [7, 11) is 1.91. The minimum atomic E-state index is -0.345. The van der Waals surface area contributed by atoms with Crippen molar-refractivity contribution >= 4 is 22.2 Å². The minimum Gasteiger partial charge on any atom is -0.509 e. The average Bonchev–Trinajstić information content (AvgIpc) is 3.04. The molecule has 3 heteroatoms. The molecular formula is C29H34N2O. The Hall–Kier alpha value is -3.07. The molecule has 0 bridgehead atoms. The predicted octanol–water partition coefficient (Wildman–Crippen LogP) is 7.46. The number of nitrogens with one attached hydrogen (secondary N) is 1. The van der Waals surface area contributed by atoms with Gasteiger partial charge in [0.1, 0.15) is 17.6 Å². The van der Waals surface area contributed by atoms with E-state index in [4.69, 9.17) is 5.41 Å². The molecule has 1 aliphatic rings. The zero-order valence-electron chi connectivity index (χ0n) is 19.5. The number of nitrogens with zero attached hydrogens (tertiary/aromatic N) is 1. The number of rotatable bonds is 8. The second kappa shape index (κ2) is 9.60. The van der Waals surface area contributed by atoms with Gasteiger partial charge in [-0.15, -0.1) is 0 Å². The van der Waals surface area contributed by atoms with Crippen LogP contribution >= 0.6 is 0 Å². The van der Waals surface area contributed by atoms with E-state index in [1.54, 1.807) is 0 Å². The second-order valence-electron chi connectivity index (χ2n) is 8.88. The van der Waals surface area contributed by atoms with Gasteiger partial charge in [-0.05, 0) is 58.7 Å². The van der Waals surface area contributed by atoms with Crippen LogP contribution in [0.15, 0.2) is 66.4 Å². The van der Waals surface area contributed by atoms with Gasteiger partial charge in [0.2, 0.25) is 0 Å². The summed E-state index contributed by atoms with van der Waals surface area (Å²) in [6.07, 6.45) is 6.83. The van der Waals surface area contributed by atoms with Crippen molar-refractivity contribution in [1.82, 2.24) is 4.90 Å². The van der Waals surface area contributed by atoms with Gasteiger partial charge in [0.15, 0.2) is 0 Å². The van der Waals surface area contributed by atoms with Gasteiger partial charge in [-0.1, -0.05) is 87.4 Å². The van der Waals surface area contributed by atoms with Crippen LogP contribution < -0.4 is 0 Å². The third kappa shape index (κ3) is 4.04. The number of likely N-dealkylation sites (N-methyl/N-ethyl adjacent to an activating group) is 1. The maximum atomic E-state index is 11.4. The minimum absolute atomic E-state index is 0.275. The predicted molar refractivity (Wildman–Crippen MR) is 135 cm³/mol. The van der Waals surface area contributed by atoms with E-state index in [-0.39, 0.29) is 11.8 Å². The first-order chi connectivity index (χ1) is 15.6. The lowest BCUT2D eigenvalue weighted by molar-refractivity contribution is 0.304. The standard InChI is InChI=1S/C29H34N2O/c1-4-6-11-20-17-18-23(19-22(20)12-7-5-2)26-28(32)27(31(3)29(26)30)25-16-10-14-21-13-8-9-15-24(21)25/h8-10,13-19,27,30,32H,4-7,11-12H2,1-3H3. The molecule has 3 aromatic carbocycles. The Morgan fingerprint density at radius 3 is 2.31 bits per heavy atom. The molecular weight excluding hydrogens is 392 g/mol. The molecule has 0 fully saturated rings. The summed E-state index contributed by atoms with van der Waals surface area (Å²) in [5.74, 6) is 0.653. The highest BCUT2D eigenvalue weighted by atomic mass is 16.3. The van der Waals surface area contributed by atoms with Crippen molar-refractivity contribution in [3.05, 3.63) is 88.7 Å². The van der Waals surface area contributed by atoms with Gasteiger partial charge >= 0.3 is 0 Å². The number of benzene rings is 3. The first-order valence-electron chi connectivity index (χ1n) is 11.9. The summed E-state index contributed by atoms with van der Waals surface area (Å²) >= 11 is 0. The van der Waals surface area contributed by atoms with E-state index in [9.17, 15) is 5.11 Å². The highest BCUT2D eigenvalue weighted by Gasteiger charge is 2.37. The topological polar surface area (TPSA) is 47.3 Å². The van der Waals surface area contributed by atoms with Crippen molar-refractivity contribution in [3.63, 3.8) is 0 Å². The first-order valence-corrected chi connectivity index (χ1v) is 11.9. The molecule has 2 N–H and O–H groups in total. The van der Waals surface area contributed by atoms with Gasteiger partial charge in [0.25, 0.3) is 0 Å². The molecule has 1 unspecified atom stereocenters. The fourth-order valence-corrected chi connectivity index (χ4v) is 4.87. The molecule has 0 radical (unpaired) electrons. The van der Waals surface area contributed by atoms with Crippen molar-refractivity contribution in [2.24, 2.45) is 0 Å². The van der Waals surface area contributed by atoms with E-state index in [0.29, 0.717) is 11.4 Å². The zero-order valence-corrected chi connectivity index (χ0v) is 19.5. The lowest BCUT2D eigenvalue weighted by Crippen LogP contribution is -2.25. The lowest BCUT2D eigenvalue weighted by Gasteiger charge is -2.24. The van der Waals surface area contributed by atoms with Gasteiger partial charge in [-0.2, -0.15) is 0 Å². The van der Waals surface area contributed by atoms with Gasteiger partial charge < -0.3 is 10.0 Å². The Kier molecular flexibility index (Phi) is 6.64. The number of aliphatic hydroxyl groups excluding tert-OH is 1. The van der Waals surface area contributed by atoms with Gasteiger partial charge in [-0.25, -0.2) is 0 Å². The molecule has 0 saturated carbocycles. The van der Waals surface area contributed by atoms with E-state index in [1.807, 2.05) is 30.1 Å². The summed E-state index contributed by atoms with van der Waals surface area (Å²) in [5.41, 5.74) is 5.42. The summed E-state index contributed by atoms with van der Waals surface area (Å²) in [6.45, 7) is 4.45. The second-order valence-corrected chi connectivity index (χ2v) is 8.88. The van der Waals surface area contributed by atoms with Crippen molar-refractivity contribution in [1.29, 1.82) is 5.41 Å². The monoisotopic (exact) mass is 426 g/mol. The summed E-state index contributed by atoms with van der Waals surface area (Å²) in [5, 5.41) is 22.5. The van der Waals surface area contributed by atoms with Crippen LogP contribution in [0.4, 0.5) is 0 Å². The molecule has 3 nitrogen and oxygen atoms in total. The van der Waals surface area contributed by atoms with Crippen LogP contribution in [0, 0.1) is 5.41 Å². The summed E-state index contributed by atoms with van der Waals surface area (Å²) < 4.78 is 0. The van der Waals surface area contributed by atoms with E-state index in [1.165, 1.54) is 24.0 Å². The van der Waals surface area contributed by atoms with Crippen LogP contribution in [-0.4, -0.2) is 22.9 Å². The van der Waals surface area contributed by atoms with E-state index in [2.05, 4.69) is 56.3 Å². The zero-order chi connectivity index (χ0) is 22.7. The SMILES string of the molecule is CCCCc1ccc(C2=C(O)C(c3cccc4ccccc34)N(C)C2=N)cc1CCCC. The maximum absolute atomic E-state index is 11.4. The fraction of sp³-hybridized carbons (Fsp3) is 0.345. The lowest BCUT2D eigenvalue weighted by atomic mass is 9.92. The molecule has 166 valence electrons. The number of aryl methyl sites for hydroxylation is 2. The van der Waals surface area contributed by atoms with Crippen molar-refractivity contribution in [3.8, 4) is 0 Å². The largest absolute Gasteiger partial charge is 0.509 e. The average molecular weight is 427 g/mol. The van der Waals surface area contributed by atoms with Crippen molar-refractivity contribution in [2.75, 3.05) is 7.05 Å². The van der Waals surface area contributed by atoms with E-state index < -0.39 is 0 Å². The number of aliphatic hydroxyl groups is 1. The molecule has 0 spiro atoms. The van der Waals surface area contributed by atoms with Gasteiger partial charge in [0, 0.05) is 7.05 Å². The summed E-state index contributed by atoms with van der Waals surface area (Å²) in [6, 6.07) is 20.6. The molecule has 0 saturated heterocycles. The van der Waals surface area contributed by atoms with Crippen molar-refractivity contribution < 1.29 is 5.11 Å². The molecule has 0 aliphatic carbocycles. The number of hydrogen-bond acceptors (Lipinski definition) is 2. The van der Waals surface area contributed by atoms with Crippen LogP contribution in [0.1, 0.15) is 67.8 Å². The molecule has 1 aliphatic heterocycles. The Bertz CT molecular complexity index is 1160. The third-order valence-electron chi connectivity index (χ3n) is 6.70. The highest BCUT2D eigenvalue weighted by Crippen LogP contribution is 2.42. The Morgan fingerprint density at radius 1 is 0.875 bits per heavy atom. The van der Waals surface area contributed by atoms with Crippen LogP contribution in [0.25, 0.3) is 16.3 Å². The molecule has 1 atom stereocenters. The third-order valence-corrected chi connectivity index (χ3v) is 6.70. The van der Waals surface area contributed by atoms with E-state index >= 15 is 0 Å². The molecule has 32 heavy (non-hydrogen) atoms.